The van der Waals surface area contributed by atoms with Gasteiger partial charge in [0.1, 0.15) is 5.75 Å². The Morgan fingerprint density at radius 1 is 1.16 bits per heavy atom. The van der Waals surface area contributed by atoms with E-state index in [2.05, 4.69) is 15.9 Å². The van der Waals surface area contributed by atoms with E-state index in [4.69, 9.17) is 23.2 Å². The van der Waals surface area contributed by atoms with Gasteiger partial charge in [-0.15, -0.1) is 0 Å². The fraction of sp³-hybridized carbons (Fsp3) is 0.0588. The van der Waals surface area contributed by atoms with Crippen LogP contribution in [-0.2, 0) is 11.3 Å². The van der Waals surface area contributed by atoms with E-state index in [9.17, 15) is 14.7 Å². The van der Waals surface area contributed by atoms with E-state index in [0.717, 1.165) is 22.2 Å². The molecule has 1 saturated heterocycles. The molecule has 1 fully saturated rings. The third-order valence-corrected chi connectivity index (χ3v) is 5.38. The molecule has 0 spiro atoms. The zero-order valence-electron chi connectivity index (χ0n) is 12.5. The second kappa shape index (κ2) is 7.41. The highest BCUT2D eigenvalue weighted by Gasteiger charge is 2.35. The van der Waals surface area contributed by atoms with Crippen LogP contribution in [0.5, 0.6) is 5.75 Å². The van der Waals surface area contributed by atoms with E-state index in [0.29, 0.717) is 15.1 Å². The lowest BCUT2D eigenvalue weighted by atomic mass is 10.1. The first-order valence-electron chi connectivity index (χ1n) is 7.03. The predicted octanol–water partition coefficient (Wildman–Crippen LogP) is 5.70. The van der Waals surface area contributed by atoms with Crippen LogP contribution >= 0.6 is 50.9 Å². The molecule has 1 aliphatic heterocycles. The summed E-state index contributed by atoms with van der Waals surface area (Å²) >= 11 is 15.9. The van der Waals surface area contributed by atoms with E-state index >= 15 is 0 Å². The zero-order valence-corrected chi connectivity index (χ0v) is 16.4. The molecule has 2 aromatic carbocycles. The summed E-state index contributed by atoms with van der Waals surface area (Å²) < 4.78 is 0.655. The highest BCUT2D eigenvalue weighted by Crippen LogP contribution is 2.37. The smallest absolute Gasteiger partial charge is 0.293 e. The van der Waals surface area contributed by atoms with Crippen LogP contribution in [0.4, 0.5) is 4.79 Å². The summed E-state index contributed by atoms with van der Waals surface area (Å²) in [5.74, 6) is -0.560. The fourth-order valence-corrected chi connectivity index (χ4v) is 4.03. The number of amides is 2. The average molecular weight is 459 g/mol. The summed E-state index contributed by atoms with van der Waals surface area (Å²) in [5.41, 5.74) is 1.15. The van der Waals surface area contributed by atoms with Crippen LogP contribution in [-0.4, -0.2) is 21.2 Å². The molecule has 128 valence electrons. The minimum Gasteiger partial charge on any atom is -0.506 e. The molecule has 0 atom stereocenters. The summed E-state index contributed by atoms with van der Waals surface area (Å²) in [6.07, 6.45) is 1.46. The first kappa shape index (κ1) is 18.3. The van der Waals surface area contributed by atoms with E-state index in [1.54, 1.807) is 36.4 Å². The van der Waals surface area contributed by atoms with Gasteiger partial charge in [-0.05, 0) is 47.7 Å². The second-order valence-corrected chi connectivity index (χ2v) is 7.97. The number of phenols is 1. The number of nitrogens with zero attached hydrogens (tertiary/aromatic N) is 1. The molecular weight excluding hydrogens is 449 g/mol. The first-order chi connectivity index (χ1) is 11.8. The Morgan fingerprint density at radius 2 is 1.84 bits per heavy atom. The average Bonchev–Trinajstić information content (AvgIpc) is 2.81. The van der Waals surface area contributed by atoms with Crippen LogP contribution < -0.4 is 0 Å². The van der Waals surface area contributed by atoms with Gasteiger partial charge >= 0.3 is 0 Å². The summed E-state index contributed by atoms with van der Waals surface area (Å²) in [6, 6.07) is 10.1. The Hall–Kier alpha value is -1.47. The molecule has 0 radical (unpaired) electrons. The fourth-order valence-electron chi connectivity index (χ4n) is 2.25. The van der Waals surface area contributed by atoms with Crippen LogP contribution in [0.1, 0.15) is 11.1 Å². The van der Waals surface area contributed by atoms with Gasteiger partial charge in [0.25, 0.3) is 11.1 Å². The van der Waals surface area contributed by atoms with Crippen LogP contribution in [0.2, 0.25) is 10.0 Å². The molecule has 4 nitrogen and oxygen atoms in total. The van der Waals surface area contributed by atoms with Gasteiger partial charge in [0.2, 0.25) is 0 Å². The van der Waals surface area contributed by atoms with Crippen molar-refractivity contribution in [2.45, 2.75) is 6.54 Å². The third kappa shape index (κ3) is 4.03. The number of aromatic hydroxyl groups is 1. The second-order valence-electron chi connectivity index (χ2n) is 5.22. The Labute approximate surface area is 166 Å². The lowest BCUT2D eigenvalue weighted by Gasteiger charge is -2.12. The monoisotopic (exact) mass is 457 g/mol. The number of halogens is 3. The number of phenolic OH excluding ortho intramolecular Hbond substituents is 1. The number of imide groups is 1. The van der Waals surface area contributed by atoms with Crippen molar-refractivity contribution in [3.8, 4) is 5.75 Å². The molecule has 1 heterocycles. The molecule has 1 aliphatic rings. The van der Waals surface area contributed by atoms with Crippen molar-refractivity contribution < 1.29 is 14.7 Å². The van der Waals surface area contributed by atoms with Crippen LogP contribution in [0.25, 0.3) is 6.08 Å². The molecule has 0 bridgehead atoms. The minimum atomic E-state index is -0.416. The summed E-state index contributed by atoms with van der Waals surface area (Å²) in [5, 5.41) is 10.4. The quantitative estimate of drug-likeness (QED) is 0.599. The molecular formula is C17H10BrCl2NO3S. The highest BCUT2D eigenvalue weighted by atomic mass is 79.9. The summed E-state index contributed by atoms with van der Waals surface area (Å²) in [6.45, 7) is 0.157. The van der Waals surface area contributed by atoms with Crippen molar-refractivity contribution >= 4 is 68.1 Å². The van der Waals surface area contributed by atoms with Crippen LogP contribution in [0, 0.1) is 0 Å². The largest absolute Gasteiger partial charge is 0.506 e. The number of thioether (sulfide) groups is 1. The SMILES string of the molecule is O=C1S/C(=C/c2cc(Br)cc(Cl)c2O)C(=O)N1Cc1ccc(Cl)cc1. The molecule has 1 N–H and O–H groups in total. The lowest BCUT2D eigenvalue weighted by molar-refractivity contribution is -0.123. The number of benzene rings is 2. The topological polar surface area (TPSA) is 57.6 Å². The minimum absolute atomic E-state index is 0.144. The molecule has 0 aromatic heterocycles. The standard InChI is InChI=1S/C17H10BrCl2NO3S/c18-11-5-10(15(22)13(20)7-11)6-14-16(23)21(17(24)25-14)8-9-1-3-12(19)4-2-9/h1-7,22H,8H2/b14-6+. The maximum atomic E-state index is 12.5. The van der Waals surface area contributed by atoms with Gasteiger partial charge in [-0.2, -0.15) is 0 Å². The van der Waals surface area contributed by atoms with Crippen molar-refractivity contribution in [3.63, 3.8) is 0 Å². The maximum absolute atomic E-state index is 12.5. The van der Waals surface area contributed by atoms with Gasteiger partial charge in [0.15, 0.2) is 0 Å². The molecule has 25 heavy (non-hydrogen) atoms. The molecule has 2 aromatic rings. The molecule has 3 rings (SSSR count). The first-order valence-corrected chi connectivity index (χ1v) is 9.39. The predicted molar refractivity (Wildman–Crippen MR) is 104 cm³/mol. The van der Waals surface area contributed by atoms with Gasteiger partial charge in [-0.25, -0.2) is 0 Å². The van der Waals surface area contributed by atoms with Gasteiger partial charge in [-0.1, -0.05) is 51.3 Å². The highest BCUT2D eigenvalue weighted by molar-refractivity contribution is 9.10. The van der Waals surface area contributed by atoms with Crippen molar-refractivity contribution in [2.75, 3.05) is 0 Å². The Kier molecular flexibility index (Phi) is 5.43. The van der Waals surface area contributed by atoms with E-state index in [1.807, 2.05) is 0 Å². The summed E-state index contributed by atoms with van der Waals surface area (Å²) in [4.78, 5) is 26.1. The van der Waals surface area contributed by atoms with Gasteiger partial charge in [0, 0.05) is 15.1 Å². The molecule has 0 aliphatic carbocycles. The molecule has 0 unspecified atom stereocenters. The number of hydrogen-bond acceptors (Lipinski definition) is 4. The van der Waals surface area contributed by atoms with E-state index < -0.39 is 5.91 Å². The molecule has 2 amide bonds. The van der Waals surface area contributed by atoms with Crippen molar-refractivity contribution in [1.29, 1.82) is 0 Å². The van der Waals surface area contributed by atoms with Crippen molar-refractivity contribution in [1.82, 2.24) is 4.90 Å². The van der Waals surface area contributed by atoms with E-state index in [1.165, 1.54) is 6.08 Å². The van der Waals surface area contributed by atoms with Gasteiger partial charge < -0.3 is 5.11 Å². The van der Waals surface area contributed by atoms with Crippen LogP contribution in [0.15, 0.2) is 45.8 Å². The Bertz CT molecular complexity index is 900. The third-order valence-electron chi connectivity index (χ3n) is 3.47. The van der Waals surface area contributed by atoms with E-state index in [-0.39, 0.29) is 27.5 Å². The van der Waals surface area contributed by atoms with Crippen molar-refractivity contribution in [3.05, 3.63) is 66.9 Å². The number of rotatable bonds is 3. The van der Waals surface area contributed by atoms with Crippen molar-refractivity contribution in [2.24, 2.45) is 0 Å². The van der Waals surface area contributed by atoms with Crippen LogP contribution in [0.3, 0.4) is 0 Å². The Balaban J connectivity index is 1.87. The number of carbonyl (C=O) groups excluding carboxylic acids is 2. The van der Waals surface area contributed by atoms with Gasteiger partial charge in [-0.3, -0.25) is 14.5 Å². The Morgan fingerprint density at radius 3 is 2.52 bits per heavy atom. The maximum Gasteiger partial charge on any atom is 0.293 e. The number of hydrogen-bond donors (Lipinski definition) is 1. The number of carbonyl (C=O) groups is 2. The lowest BCUT2D eigenvalue weighted by Crippen LogP contribution is -2.27. The summed E-state index contributed by atoms with van der Waals surface area (Å²) in [7, 11) is 0. The normalized spacial score (nSPS) is 16.1. The zero-order chi connectivity index (χ0) is 18.1. The molecule has 8 heteroatoms. The molecule has 0 saturated carbocycles. The van der Waals surface area contributed by atoms with Gasteiger partial charge in [0.05, 0.1) is 16.5 Å².